The summed E-state index contributed by atoms with van der Waals surface area (Å²) in [5.41, 5.74) is 6.86. The first-order valence-corrected chi connectivity index (χ1v) is 7.73. The highest BCUT2D eigenvalue weighted by Crippen LogP contribution is 2.34. The molecule has 1 unspecified atom stereocenters. The Labute approximate surface area is 115 Å². The van der Waals surface area contributed by atoms with E-state index in [0.29, 0.717) is 23.4 Å². The summed E-state index contributed by atoms with van der Waals surface area (Å²) in [4.78, 5) is 29.5. The van der Waals surface area contributed by atoms with Gasteiger partial charge in [0.15, 0.2) is 11.5 Å². The summed E-state index contributed by atoms with van der Waals surface area (Å²) in [7, 11) is -4.11. The van der Waals surface area contributed by atoms with Crippen molar-refractivity contribution in [2.75, 3.05) is 18.7 Å². The number of imidazole rings is 1. The van der Waals surface area contributed by atoms with Crippen molar-refractivity contribution in [1.82, 2.24) is 19.5 Å². The highest BCUT2D eigenvalue weighted by molar-refractivity contribution is 7.51. The maximum atomic E-state index is 10.6. The Bertz CT molecular complexity index is 640. The summed E-state index contributed by atoms with van der Waals surface area (Å²) in [5, 5.41) is 0. The van der Waals surface area contributed by atoms with Gasteiger partial charge in [-0.1, -0.05) is 0 Å². The third-order valence-corrected chi connectivity index (χ3v) is 3.32. The average Bonchev–Trinajstić information content (AvgIpc) is 2.78. The van der Waals surface area contributed by atoms with Gasteiger partial charge in [-0.2, -0.15) is 0 Å². The Kier molecular flexibility index (Phi) is 4.34. The van der Waals surface area contributed by atoms with Crippen LogP contribution in [0.4, 0.5) is 5.82 Å². The van der Waals surface area contributed by atoms with Gasteiger partial charge < -0.3 is 24.8 Å². The average molecular weight is 301 g/mol. The van der Waals surface area contributed by atoms with Gasteiger partial charge in [-0.3, -0.25) is 4.57 Å². The van der Waals surface area contributed by atoms with Crippen LogP contribution in [0.15, 0.2) is 12.7 Å². The fourth-order valence-corrected chi connectivity index (χ4v) is 2.14. The van der Waals surface area contributed by atoms with E-state index >= 15 is 0 Å². The van der Waals surface area contributed by atoms with Crippen LogP contribution >= 0.6 is 7.60 Å². The lowest BCUT2D eigenvalue weighted by atomic mass is 10.2. The van der Waals surface area contributed by atoms with Crippen LogP contribution in [0.1, 0.15) is 19.4 Å². The van der Waals surface area contributed by atoms with Crippen molar-refractivity contribution in [3.63, 3.8) is 0 Å². The molecule has 0 aliphatic carbocycles. The van der Waals surface area contributed by atoms with Gasteiger partial charge in [0, 0.05) is 12.6 Å². The second-order valence-corrected chi connectivity index (χ2v) is 6.01. The Hall–Kier alpha value is -1.54. The predicted octanol–water partition coefficient (Wildman–Crippen LogP) is 0.511. The zero-order chi connectivity index (χ0) is 14.8. The van der Waals surface area contributed by atoms with Gasteiger partial charge in [-0.05, 0) is 13.3 Å². The summed E-state index contributed by atoms with van der Waals surface area (Å²) < 4.78 is 17.4. The first-order valence-electron chi connectivity index (χ1n) is 5.94. The van der Waals surface area contributed by atoms with E-state index in [1.807, 2.05) is 11.5 Å². The third kappa shape index (κ3) is 3.51. The number of ether oxygens (including phenoxy) is 1. The summed E-state index contributed by atoms with van der Waals surface area (Å²) in [6.45, 7) is 2.16. The zero-order valence-electron chi connectivity index (χ0n) is 10.9. The van der Waals surface area contributed by atoms with Crippen LogP contribution < -0.4 is 5.73 Å². The van der Waals surface area contributed by atoms with Crippen LogP contribution in [0.5, 0.6) is 0 Å². The molecule has 4 N–H and O–H groups in total. The van der Waals surface area contributed by atoms with Gasteiger partial charge in [0.05, 0.1) is 6.33 Å². The number of aromatic nitrogens is 4. The van der Waals surface area contributed by atoms with E-state index in [0.717, 1.165) is 0 Å². The molecule has 0 bridgehead atoms. The topological polar surface area (TPSA) is 136 Å². The summed E-state index contributed by atoms with van der Waals surface area (Å²) >= 11 is 0. The van der Waals surface area contributed by atoms with Gasteiger partial charge in [-0.15, -0.1) is 0 Å². The van der Waals surface area contributed by atoms with Crippen LogP contribution in [0.25, 0.3) is 11.2 Å². The molecule has 2 heterocycles. The maximum Gasteiger partial charge on any atom is 0.350 e. The largest absolute Gasteiger partial charge is 0.382 e. The smallest absolute Gasteiger partial charge is 0.350 e. The molecule has 20 heavy (non-hydrogen) atoms. The molecule has 9 nitrogen and oxygen atoms in total. The fraction of sp³-hybridized carbons (Fsp3) is 0.500. The van der Waals surface area contributed by atoms with Crippen molar-refractivity contribution >= 4 is 24.6 Å². The molecule has 0 saturated carbocycles. The number of fused-ring (bicyclic) bond motifs is 1. The molecule has 0 spiro atoms. The highest BCUT2D eigenvalue weighted by Gasteiger charge is 2.15. The standard InChI is InChI=1S/C10H16N5O4P/c1-7(2-3-19-6-20(16,17)18)15-5-14-8-9(11)12-4-13-10(8)15/h4-5,7H,2-3,6H2,1H3,(H2,11,12,13)(H2,16,17,18). The Morgan fingerprint density at radius 3 is 2.90 bits per heavy atom. The molecule has 2 aromatic heterocycles. The van der Waals surface area contributed by atoms with Crippen molar-refractivity contribution in [3.05, 3.63) is 12.7 Å². The van der Waals surface area contributed by atoms with E-state index < -0.39 is 13.9 Å². The molecule has 1 atom stereocenters. The molecule has 0 aliphatic rings. The monoisotopic (exact) mass is 301 g/mol. The fourth-order valence-electron chi connectivity index (χ4n) is 1.77. The number of nitrogen functional groups attached to an aromatic ring is 1. The first kappa shape index (κ1) is 14.9. The Morgan fingerprint density at radius 2 is 2.20 bits per heavy atom. The van der Waals surface area contributed by atoms with Gasteiger partial charge in [0.25, 0.3) is 0 Å². The van der Waals surface area contributed by atoms with Crippen LogP contribution in [0.3, 0.4) is 0 Å². The number of anilines is 1. The number of hydrogen-bond donors (Lipinski definition) is 3. The van der Waals surface area contributed by atoms with Crippen molar-refractivity contribution in [2.45, 2.75) is 19.4 Å². The summed E-state index contributed by atoms with van der Waals surface area (Å²) in [6, 6.07) is 0.00562. The predicted molar refractivity (Wildman–Crippen MR) is 71.9 cm³/mol. The highest BCUT2D eigenvalue weighted by atomic mass is 31.2. The SMILES string of the molecule is CC(CCOCP(=O)(O)O)n1cnc2c(N)ncnc21. The molecule has 0 aromatic carbocycles. The second-order valence-electron chi connectivity index (χ2n) is 4.42. The lowest BCUT2D eigenvalue weighted by Crippen LogP contribution is -2.09. The number of nitrogens with zero attached hydrogens (tertiary/aromatic N) is 4. The molecule has 0 aliphatic heterocycles. The number of hydrogen-bond acceptors (Lipinski definition) is 6. The lowest BCUT2D eigenvalue weighted by molar-refractivity contribution is 0.145. The van der Waals surface area contributed by atoms with Crippen molar-refractivity contribution in [1.29, 1.82) is 0 Å². The minimum Gasteiger partial charge on any atom is -0.382 e. The van der Waals surface area contributed by atoms with Gasteiger partial charge in [0.1, 0.15) is 18.2 Å². The molecule has 110 valence electrons. The lowest BCUT2D eigenvalue weighted by Gasteiger charge is -2.14. The van der Waals surface area contributed by atoms with E-state index in [4.69, 9.17) is 20.3 Å². The molecular formula is C10H16N5O4P. The van der Waals surface area contributed by atoms with Crippen LogP contribution in [-0.4, -0.2) is 42.3 Å². The van der Waals surface area contributed by atoms with E-state index in [1.54, 1.807) is 6.33 Å². The zero-order valence-corrected chi connectivity index (χ0v) is 11.8. The van der Waals surface area contributed by atoms with E-state index in [1.165, 1.54) is 6.33 Å². The van der Waals surface area contributed by atoms with E-state index in [2.05, 4.69) is 15.0 Å². The summed E-state index contributed by atoms with van der Waals surface area (Å²) in [5.74, 6) is 0.318. The van der Waals surface area contributed by atoms with E-state index in [9.17, 15) is 4.57 Å². The first-order chi connectivity index (χ1) is 9.38. The Morgan fingerprint density at radius 1 is 1.45 bits per heavy atom. The minimum absolute atomic E-state index is 0.00562. The van der Waals surface area contributed by atoms with Crippen LogP contribution in [-0.2, 0) is 9.30 Å². The van der Waals surface area contributed by atoms with Gasteiger partial charge >= 0.3 is 7.60 Å². The maximum absolute atomic E-state index is 10.6. The third-order valence-electron chi connectivity index (χ3n) is 2.80. The summed E-state index contributed by atoms with van der Waals surface area (Å²) in [6.07, 6.45) is 2.98. The van der Waals surface area contributed by atoms with Crippen molar-refractivity contribution in [2.24, 2.45) is 0 Å². The van der Waals surface area contributed by atoms with Crippen LogP contribution in [0.2, 0.25) is 0 Å². The van der Waals surface area contributed by atoms with Gasteiger partial charge in [-0.25, -0.2) is 15.0 Å². The molecule has 0 saturated heterocycles. The van der Waals surface area contributed by atoms with Gasteiger partial charge in [0.2, 0.25) is 0 Å². The number of nitrogens with two attached hydrogens (primary N) is 1. The quantitative estimate of drug-likeness (QED) is 0.518. The molecule has 10 heteroatoms. The van der Waals surface area contributed by atoms with Crippen molar-refractivity contribution < 1.29 is 19.1 Å². The van der Waals surface area contributed by atoms with Crippen molar-refractivity contribution in [3.8, 4) is 0 Å². The van der Waals surface area contributed by atoms with E-state index in [-0.39, 0.29) is 12.6 Å². The minimum atomic E-state index is -4.11. The number of rotatable bonds is 6. The molecule has 0 radical (unpaired) electrons. The molecule has 0 amide bonds. The molecular weight excluding hydrogens is 285 g/mol. The Balaban J connectivity index is 2.00. The normalized spacial score (nSPS) is 13.8. The molecule has 2 rings (SSSR count). The van der Waals surface area contributed by atoms with Crippen LogP contribution in [0, 0.1) is 0 Å². The molecule has 0 fully saturated rings. The molecule has 2 aromatic rings. The second kappa shape index (κ2) is 5.84.